The predicted molar refractivity (Wildman–Crippen MR) is 74.7 cm³/mol. The van der Waals surface area contributed by atoms with Crippen LogP contribution in [0.5, 0.6) is 0 Å². The minimum Gasteiger partial charge on any atom is -0.233 e. The molecular formula is C15H10ClFN2. The Morgan fingerprint density at radius 3 is 2.63 bits per heavy atom. The van der Waals surface area contributed by atoms with Crippen LogP contribution in [-0.2, 0) is 0 Å². The van der Waals surface area contributed by atoms with Gasteiger partial charge in [-0.2, -0.15) is 0 Å². The highest BCUT2D eigenvalue weighted by atomic mass is 35.5. The molecule has 0 atom stereocenters. The maximum atomic E-state index is 13.3. The second-order valence-corrected chi connectivity index (χ2v) is 4.68. The molecule has 3 aromatic rings. The minimum atomic E-state index is -0.310. The van der Waals surface area contributed by atoms with Crippen LogP contribution in [0.3, 0.4) is 0 Å². The number of nitrogens with zero attached hydrogens (tertiary/aromatic N) is 2. The van der Waals surface area contributed by atoms with Gasteiger partial charge in [-0.05, 0) is 31.2 Å². The lowest BCUT2D eigenvalue weighted by Crippen LogP contribution is -1.95. The second-order valence-electron chi connectivity index (χ2n) is 4.27. The summed E-state index contributed by atoms with van der Waals surface area (Å²) in [5.41, 5.74) is 2.14. The number of benzene rings is 2. The van der Waals surface area contributed by atoms with Crippen molar-refractivity contribution < 1.29 is 4.39 Å². The Bertz CT molecular complexity index is 771. The lowest BCUT2D eigenvalue weighted by molar-refractivity contribution is 0.629. The maximum Gasteiger partial charge on any atom is 0.161 e. The fourth-order valence-corrected chi connectivity index (χ4v) is 2.24. The van der Waals surface area contributed by atoms with Gasteiger partial charge in [0.15, 0.2) is 5.82 Å². The molecule has 1 heterocycles. The van der Waals surface area contributed by atoms with Gasteiger partial charge in [-0.1, -0.05) is 23.7 Å². The van der Waals surface area contributed by atoms with E-state index in [0.717, 1.165) is 16.6 Å². The van der Waals surface area contributed by atoms with Gasteiger partial charge in [0, 0.05) is 22.7 Å². The van der Waals surface area contributed by atoms with Crippen LogP contribution in [0, 0.1) is 12.7 Å². The van der Waals surface area contributed by atoms with Crippen LogP contribution in [0.1, 0.15) is 5.69 Å². The Labute approximate surface area is 114 Å². The molecule has 0 N–H and O–H groups in total. The van der Waals surface area contributed by atoms with E-state index in [1.165, 1.54) is 12.1 Å². The summed E-state index contributed by atoms with van der Waals surface area (Å²) in [6.45, 7) is 1.88. The minimum absolute atomic E-state index is 0.310. The van der Waals surface area contributed by atoms with Crippen LogP contribution in [0.4, 0.5) is 4.39 Å². The molecule has 0 unspecified atom stereocenters. The van der Waals surface area contributed by atoms with E-state index in [1.54, 1.807) is 12.1 Å². The summed E-state index contributed by atoms with van der Waals surface area (Å²) in [6, 6.07) is 11.9. The number of aryl methyl sites for hydroxylation is 1. The number of fused-ring (bicyclic) bond motifs is 1. The van der Waals surface area contributed by atoms with Gasteiger partial charge in [-0.25, -0.2) is 14.4 Å². The first-order valence-corrected chi connectivity index (χ1v) is 6.22. The Hall–Kier alpha value is -2.00. The second kappa shape index (κ2) is 4.59. The van der Waals surface area contributed by atoms with Gasteiger partial charge in [0.25, 0.3) is 0 Å². The van der Waals surface area contributed by atoms with E-state index < -0.39 is 0 Å². The molecule has 94 valence electrons. The molecule has 2 aromatic carbocycles. The number of hydrogen-bond acceptors (Lipinski definition) is 2. The van der Waals surface area contributed by atoms with Crippen LogP contribution < -0.4 is 0 Å². The van der Waals surface area contributed by atoms with Crippen molar-refractivity contribution >= 4 is 22.5 Å². The molecule has 19 heavy (non-hydrogen) atoms. The van der Waals surface area contributed by atoms with Crippen molar-refractivity contribution in [3.63, 3.8) is 0 Å². The van der Waals surface area contributed by atoms with Gasteiger partial charge in [-0.15, -0.1) is 0 Å². The zero-order chi connectivity index (χ0) is 13.4. The first-order valence-electron chi connectivity index (χ1n) is 5.84. The van der Waals surface area contributed by atoms with Crippen LogP contribution in [0.2, 0.25) is 5.02 Å². The third-order valence-electron chi connectivity index (χ3n) is 2.96. The first kappa shape index (κ1) is 12.1. The summed E-state index contributed by atoms with van der Waals surface area (Å²) in [7, 11) is 0. The van der Waals surface area contributed by atoms with Crippen molar-refractivity contribution in [2.24, 2.45) is 0 Å². The van der Waals surface area contributed by atoms with E-state index in [-0.39, 0.29) is 5.82 Å². The fraction of sp³-hybridized carbons (Fsp3) is 0.0667. The topological polar surface area (TPSA) is 25.8 Å². The normalized spacial score (nSPS) is 10.9. The molecule has 0 aliphatic rings. The van der Waals surface area contributed by atoms with Gasteiger partial charge in [-0.3, -0.25) is 0 Å². The summed E-state index contributed by atoms with van der Waals surface area (Å²) in [5.74, 6) is 0.205. The van der Waals surface area contributed by atoms with Crippen molar-refractivity contribution in [3.8, 4) is 11.4 Å². The third-order valence-corrected chi connectivity index (χ3v) is 3.29. The van der Waals surface area contributed by atoms with Gasteiger partial charge in [0.2, 0.25) is 0 Å². The molecule has 0 radical (unpaired) electrons. The zero-order valence-electron chi connectivity index (χ0n) is 10.2. The quantitative estimate of drug-likeness (QED) is 0.656. The molecule has 2 nitrogen and oxygen atoms in total. The van der Waals surface area contributed by atoms with Crippen LogP contribution in [0.25, 0.3) is 22.3 Å². The molecule has 1 aromatic heterocycles. The van der Waals surface area contributed by atoms with E-state index in [0.29, 0.717) is 16.4 Å². The molecule has 3 rings (SSSR count). The molecule has 0 bridgehead atoms. The standard InChI is InChI=1S/C15H10ClFN2/c1-9-11-7-6-10(17)8-14(11)19-15(18-9)12-4-2-3-5-13(12)16/h2-8H,1H3. The average Bonchev–Trinajstić information content (AvgIpc) is 2.38. The van der Waals surface area contributed by atoms with Crippen LogP contribution >= 0.6 is 11.6 Å². The highest BCUT2D eigenvalue weighted by Gasteiger charge is 2.09. The zero-order valence-corrected chi connectivity index (χ0v) is 10.9. The average molecular weight is 273 g/mol. The van der Waals surface area contributed by atoms with Crippen molar-refractivity contribution in [1.82, 2.24) is 9.97 Å². The van der Waals surface area contributed by atoms with Gasteiger partial charge in [0.05, 0.1) is 10.5 Å². The predicted octanol–water partition coefficient (Wildman–Crippen LogP) is 4.40. The largest absolute Gasteiger partial charge is 0.233 e. The lowest BCUT2D eigenvalue weighted by Gasteiger charge is -2.07. The molecule has 4 heteroatoms. The molecule has 0 amide bonds. The van der Waals surface area contributed by atoms with E-state index in [2.05, 4.69) is 9.97 Å². The lowest BCUT2D eigenvalue weighted by atomic mass is 10.1. The summed E-state index contributed by atoms with van der Waals surface area (Å²) in [4.78, 5) is 8.84. The molecule has 0 aliphatic heterocycles. The number of hydrogen-bond donors (Lipinski definition) is 0. The van der Waals surface area contributed by atoms with E-state index >= 15 is 0 Å². The molecular weight excluding hydrogens is 263 g/mol. The number of halogens is 2. The monoisotopic (exact) mass is 272 g/mol. The van der Waals surface area contributed by atoms with Crippen LogP contribution in [0.15, 0.2) is 42.5 Å². The van der Waals surface area contributed by atoms with Crippen molar-refractivity contribution in [2.45, 2.75) is 6.92 Å². The maximum absolute atomic E-state index is 13.3. The first-order chi connectivity index (χ1) is 9.15. The van der Waals surface area contributed by atoms with Gasteiger partial charge < -0.3 is 0 Å². The van der Waals surface area contributed by atoms with E-state index in [1.807, 2.05) is 25.1 Å². The molecule has 0 fully saturated rings. The number of rotatable bonds is 1. The molecule has 0 spiro atoms. The van der Waals surface area contributed by atoms with Gasteiger partial charge >= 0.3 is 0 Å². The Kier molecular flexibility index (Phi) is 2.91. The Morgan fingerprint density at radius 1 is 1.05 bits per heavy atom. The molecule has 0 saturated carbocycles. The van der Waals surface area contributed by atoms with Crippen molar-refractivity contribution in [1.29, 1.82) is 0 Å². The summed E-state index contributed by atoms with van der Waals surface area (Å²) >= 11 is 6.14. The summed E-state index contributed by atoms with van der Waals surface area (Å²) in [6.07, 6.45) is 0. The number of aromatic nitrogens is 2. The van der Waals surface area contributed by atoms with E-state index in [4.69, 9.17) is 11.6 Å². The molecule has 0 saturated heterocycles. The van der Waals surface area contributed by atoms with Crippen molar-refractivity contribution in [3.05, 3.63) is 59.0 Å². The van der Waals surface area contributed by atoms with Gasteiger partial charge in [0.1, 0.15) is 5.82 Å². The Morgan fingerprint density at radius 2 is 1.84 bits per heavy atom. The highest BCUT2D eigenvalue weighted by Crippen LogP contribution is 2.27. The Balaban J connectivity index is 2.29. The summed E-state index contributed by atoms with van der Waals surface area (Å²) < 4.78 is 13.3. The SMILES string of the molecule is Cc1nc(-c2ccccc2Cl)nc2cc(F)ccc12. The molecule has 0 aliphatic carbocycles. The summed E-state index contributed by atoms with van der Waals surface area (Å²) in [5, 5.41) is 1.43. The fourth-order valence-electron chi connectivity index (χ4n) is 2.02. The third kappa shape index (κ3) is 2.17. The van der Waals surface area contributed by atoms with Crippen LogP contribution in [-0.4, -0.2) is 9.97 Å². The van der Waals surface area contributed by atoms with E-state index in [9.17, 15) is 4.39 Å². The highest BCUT2D eigenvalue weighted by molar-refractivity contribution is 6.33. The smallest absolute Gasteiger partial charge is 0.161 e. The van der Waals surface area contributed by atoms with Crippen molar-refractivity contribution in [2.75, 3.05) is 0 Å².